The lowest BCUT2D eigenvalue weighted by atomic mass is 10.2. The Hall–Kier alpha value is -2.91. The van der Waals surface area contributed by atoms with Crippen LogP contribution in [0.4, 0.5) is 8.78 Å². The smallest absolute Gasteiger partial charge is 0.271 e. The Balaban J connectivity index is 1.57. The van der Waals surface area contributed by atoms with Crippen LogP contribution in [-0.4, -0.2) is 60.9 Å². The summed E-state index contributed by atoms with van der Waals surface area (Å²) in [6, 6.07) is 6.87. The number of rotatable bonds is 7. The summed E-state index contributed by atoms with van der Waals surface area (Å²) < 4.78 is 50.7. The highest BCUT2D eigenvalue weighted by molar-refractivity contribution is 7.91. The molecule has 8 nitrogen and oxygen atoms in total. The van der Waals surface area contributed by atoms with Gasteiger partial charge in [-0.25, -0.2) is 22.2 Å². The van der Waals surface area contributed by atoms with Crippen LogP contribution in [0.15, 0.2) is 34.5 Å². The van der Waals surface area contributed by atoms with Gasteiger partial charge in [0.05, 0.1) is 34.8 Å². The Morgan fingerprint density at radius 3 is 2.66 bits per heavy atom. The summed E-state index contributed by atoms with van der Waals surface area (Å²) in [5.74, 6) is -4.51. The predicted octanol–water partition coefficient (Wildman–Crippen LogP) is 2.02. The molecule has 1 aromatic heterocycles. The average Bonchev–Trinajstić information content (AvgIpc) is 3.35. The summed E-state index contributed by atoms with van der Waals surface area (Å²) in [5, 5.41) is 13.4. The third-order valence-corrected chi connectivity index (χ3v) is 7.54. The zero-order valence-electron chi connectivity index (χ0n) is 17.0. The van der Waals surface area contributed by atoms with Crippen LogP contribution in [0.25, 0.3) is 0 Å². The molecule has 170 valence electrons. The molecule has 2 heterocycles. The normalized spacial score (nSPS) is 17.7. The molecule has 12 heteroatoms. The van der Waals surface area contributed by atoms with Gasteiger partial charge in [-0.05, 0) is 17.7 Å². The minimum atomic E-state index is -3.28. The first-order valence-corrected chi connectivity index (χ1v) is 12.2. The zero-order chi connectivity index (χ0) is 23.5. The molecule has 0 unspecified atom stereocenters. The van der Waals surface area contributed by atoms with Crippen molar-refractivity contribution in [1.82, 2.24) is 15.2 Å². The van der Waals surface area contributed by atoms with Gasteiger partial charge in [0.15, 0.2) is 9.84 Å². The van der Waals surface area contributed by atoms with E-state index in [2.05, 4.69) is 10.3 Å². The number of hydrogen-bond acceptors (Lipinski definition) is 7. The molecular weight excluding hydrogens is 462 g/mol. The fourth-order valence-electron chi connectivity index (χ4n) is 3.19. The number of thiazole rings is 1. The van der Waals surface area contributed by atoms with Gasteiger partial charge < -0.3 is 10.2 Å². The van der Waals surface area contributed by atoms with E-state index in [9.17, 15) is 26.8 Å². The molecule has 0 bridgehead atoms. The molecule has 1 aliphatic heterocycles. The summed E-state index contributed by atoms with van der Waals surface area (Å²) in [4.78, 5) is 29.7. The summed E-state index contributed by atoms with van der Waals surface area (Å²) >= 11 is 1.22. The fourth-order valence-corrected chi connectivity index (χ4v) is 4.89. The molecule has 2 amide bonds. The molecule has 1 atom stereocenters. The van der Waals surface area contributed by atoms with Crippen molar-refractivity contribution in [2.45, 2.75) is 36.6 Å². The van der Waals surface area contributed by atoms with Crippen LogP contribution in [0.3, 0.4) is 0 Å². The van der Waals surface area contributed by atoms with Crippen LogP contribution in [0.5, 0.6) is 0 Å². The van der Waals surface area contributed by atoms with E-state index in [1.807, 2.05) is 0 Å². The SMILES string of the molecule is CCS(=O)(=O)c1ccc(Cc2nc(C(=O)NCC(=O)N3CC(F)(F)C[C@H]3C#N)cs2)cc1. The van der Waals surface area contributed by atoms with Gasteiger partial charge >= 0.3 is 0 Å². The van der Waals surface area contributed by atoms with Crippen molar-refractivity contribution in [3.63, 3.8) is 0 Å². The molecule has 1 aliphatic rings. The maximum atomic E-state index is 13.5. The second kappa shape index (κ2) is 9.30. The Bertz CT molecular complexity index is 1160. The molecule has 32 heavy (non-hydrogen) atoms. The van der Waals surface area contributed by atoms with Gasteiger partial charge in [-0.15, -0.1) is 11.3 Å². The first kappa shape index (κ1) is 23.7. The van der Waals surface area contributed by atoms with Gasteiger partial charge in [0.2, 0.25) is 5.91 Å². The van der Waals surface area contributed by atoms with Crippen molar-refractivity contribution >= 4 is 33.0 Å². The molecule has 0 spiro atoms. The third-order valence-electron chi connectivity index (χ3n) is 4.94. The lowest BCUT2D eigenvalue weighted by Gasteiger charge is -2.19. The van der Waals surface area contributed by atoms with Crippen LogP contribution >= 0.6 is 11.3 Å². The molecule has 1 aromatic carbocycles. The van der Waals surface area contributed by atoms with Crippen LogP contribution in [0.2, 0.25) is 0 Å². The van der Waals surface area contributed by atoms with E-state index in [0.29, 0.717) is 11.4 Å². The number of carbonyl (C=O) groups is 2. The summed E-state index contributed by atoms with van der Waals surface area (Å²) in [5.41, 5.74) is 0.889. The number of nitrogens with zero attached hydrogens (tertiary/aromatic N) is 3. The molecule has 0 saturated carbocycles. The highest BCUT2D eigenvalue weighted by Crippen LogP contribution is 2.31. The Kier molecular flexibility index (Phi) is 6.90. The average molecular weight is 483 g/mol. The number of nitriles is 1. The molecule has 1 saturated heterocycles. The quantitative estimate of drug-likeness (QED) is 0.645. The van der Waals surface area contributed by atoms with Gasteiger partial charge in [0.1, 0.15) is 11.7 Å². The number of aromatic nitrogens is 1. The maximum absolute atomic E-state index is 13.5. The topological polar surface area (TPSA) is 120 Å². The standard InChI is InChI=1S/C20H20F2N4O4S2/c1-2-32(29,30)15-5-3-13(4-6-15)7-17-25-16(11-31-17)19(28)24-10-18(27)26-12-20(21,22)8-14(26)9-23/h3-6,11,14H,2,7-8,10,12H2,1H3,(H,24,28)/t14-/m0/s1. The summed E-state index contributed by atoms with van der Waals surface area (Å²) in [7, 11) is -3.28. The van der Waals surface area contributed by atoms with E-state index < -0.39 is 53.1 Å². The first-order chi connectivity index (χ1) is 15.0. The number of nitrogens with one attached hydrogen (secondary N) is 1. The second-order valence-electron chi connectivity index (χ2n) is 7.26. The van der Waals surface area contributed by atoms with Gasteiger partial charge in [0.25, 0.3) is 11.8 Å². The minimum Gasteiger partial charge on any atom is -0.342 e. The van der Waals surface area contributed by atoms with E-state index in [-0.39, 0.29) is 16.3 Å². The summed E-state index contributed by atoms with van der Waals surface area (Å²) in [6.07, 6.45) is -0.333. The number of halogens is 2. The number of amides is 2. The molecular formula is C20H20F2N4O4S2. The monoisotopic (exact) mass is 482 g/mol. The van der Waals surface area contributed by atoms with Crippen molar-refractivity contribution in [3.8, 4) is 6.07 Å². The third kappa shape index (κ3) is 5.46. The molecule has 0 aliphatic carbocycles. The molecule has 3 rings (SSSR count). The van der Waals surface area contributed by atoms with Crippen molar-refractivity contribution in [1.29, 1.82) is 5.26 Å². The number of alkyl halides is 2. The fraction of sp³-hybridized carbons (Fsp3) is 0.400. The van der Waals surface area contributed by atoms with Crippen LogP contribution in [0.1, 0.15) is 34.4 Å². The van der Waals surface area contributed by atoms with Gasteiger partial charge in [-0.3, -0.25) is 9.59 Å². The number of likely N-dealkylation sites (tertiary alicyclic amines) is 1. The van der Waals surface area contributed by atoms with Crippen LogP contribution < -0.4 is 5.32 Å². The molecule has 0 radical (unpaired) electrons. The molecule has 1 fully saturated rings. The summed E-state index contributed by atoms with van der Waals surface area (Å²) in [6.45, 7) is 0.202. The van der Waals surface area contributed by atoms with Crippen molar-refractivity contribution < 1.29 is 26.8 Å². The van der Waals surface area contributed by atoms with E-state index in [4.69, 9.17) is 5.26 Å². The number of hydrogen-bond donors (Lipinski definition) is 1. The van der Waals surface area contributed by atoms with Crippen LogP contribution in [-0.2, 0) is 21.1 Å². The largest absolute Gasteiger partial charge is 0.342 e. The van der Waals surface area contributed by atoms with E-state index in [0.717, 1.165) is 10.5 Å². The van der Waals surface area contributed by atoms with Crippen LogP contribution in [0, 0.1) is 11.3 Å². The van der Waals surface area contributed by atoms with Crippen molar-refractivity contribution in [2.24, 2.45) is 0 Å². The second-order valence-corrected chi connectivity index (χ2v) is 10.5. The number of benzene rings is 1. The van der Waals surface area contributed by atoms with E-state index in [1.54, 1.807) is 25.1 Å². The zero-order valence-corrected chi connectivity index (χ0v) is 18.7. The van der Waals surface area contributed by atoms with Gasteiger partial charge in [0, 0.05) is 18.2 Å². The highest BCUT2D eigenvalue weighted by Gasteiger charge is 2.47. The van der Waals surface area contributed by atoms with Gasteiger partial charge in [-0.1, -0.05) is 19.1 Å². The number of carbonyl (C=O) groups excluding carboxylic acids is 2. The lowest BCUT2D eigenvalue weighted by molar-refractivity contribution is -0.131. The predicted molar refractivity (Wildman–Crippen MR) is 112 cm³/mol. The first-order valence-electron chi connectivity index (χ1n) is 9.66. The van der Waals surface area contributed by atoms with Crippen molar-refractivity contribution in [3.05, 3.63) is 45.9 Å². The van der Waals surface area contributed by atoms with Gasteiger partial charge in [-0.2, -0.15) is 5.26 Å². The molecule has 2 aromatic rings. The highest BCUT2D eigenvalue weighted by atomic mass is 32.2. The Labute approximate surface area is 187 Å². The van der Waals surface area contributed by atoms with Crippen molar-refractivity contribution in [2.75, 3.05) is 18.8 Å². The van der Waals surface area contributed by atoms with E-state index >= 15 is 0 Å². The lowest BCUT2D eigenvalue weighted by Crippen LogP contribution is -2.43. The number of sulfone groups is 1. The minimum absolute atomic E-state index is 0.0111. The van der Waals surface area contributed by atoms with E-state index in [1.165, 1.54) is 28.8 Å². The maximum Gasteiger partial charge on any atom is 0.271 e. The molecule has 1 N–H and O–H groups in total. The Morgan fingerprint density at radius 1 is 1.34 bits per heavy atom. The Morgan fingerprint density at radius 2 is 2.03 bits per heavy atom.